The normalized spacial score (nSPS) is 12.3. The minimum atomic E-state index is -4.70. The summed E-state index contributed by atoms with van der Waals surface area (Å²) in [4.78, 5) is 11.3. The number of hydrogen-bond donors (Lipinski definition) is 2. The molecule has 0 aliphatic carbocycles. The van der Waals surface area contributed by atoms with Crippen LogP contribution in [0.3, 0.4) is 0 Å². The van der Waals surface area contributed by atoms with Gasteiger partial charge in [0.2, 0.25) is 5.91 Å². The van der Waals surface area contributed by atoms with Crippen molar-refractivity contribution in [3.05, 3.63) is 28.8 Å². The van der Waals surface area contributed by atoms with Crippen molar-refractivity contribution in [1.82, 2.24) is 5.32 Å². The fourth-order valence-corrected chi connectivity index (χ4v) is 1.57. The number of rotatable bonds is 4. The zero-order valence-corrected chi connectivity index (χ0v) is 11.0. The van der Waals surface area contributed by atoms with Crippen LogP contribution >= 0.6 is 11.6 Å². The summed E-state index contributed by atoms with van der Waals surface area (Å²) in [6.07, 6.45) is -9.18. The number of nitrogens with one attached hydrogen (secondary N) is 2. The fourth-order valence-electron chi connectivity index (χ4n) is 1.34. The number of benzene rings is 1. The lowest BCUT2D eigenvalue weighted by atomic mass is 10.2. The Hall–Kier alpha value is -1.48. The summed E-state index contributed by atoms with van der Waals surface area (Å²) in [5.41, 5.74) is -1.37. The third-order valence-electron chi connectivity index (χ3n) is 2.17. The predicted molar refractivity (Wildman–Crippen MR) is 64.0 cm³/mol. The Morgan fingerprint density at radius 3 is 2.29 bits per heavy atom. The van der Waals surface area contributed by atoms with E-state index in [0.717, 1.165) is 12.1 Å². The zero-order valence-electron chi connectivity index (χ0n) is 10.2. The first-order chi connectivity index (χ1) is 9.49. The molecule has 0 saturated carbocycles. The highest BCUT2D eigenvalue weighted by molar-refractivity contribution is 6.31. The largest absolute Gasteiger partial charge is 0.417 e. The Morgan fingerprint density at radius 1 is 1.14 bits per heavy atom. The number of anilines is 1. The first-order valence-electron chi connectivity index (χ1n) is 5.43. The van der Waals surface area contributed by atoms with Crippen LogP contribution in [0.25, 0.3) is 0 Å². The number of carbonyl (C=O) groups is 1. The fraction of sp³-hybridized carbons (Fsp3) is 0.364. The lowest BCUT2D eigenvalue weighted by molar-refractivity contribution is -0.137. The molecule has 0 heterocycles. The van der Waals surface area contributed by atoms with Gasteiger partial charge in [-0.1, -0.05) is 11.6 Å². The van der Waals surface area contributed by atoms with Crippen LogP contribution in [0.15, 0.2) is 18.2 Å². The van der Waals surface area contributed by atoms with Crippen LogP contribution < -0.4 is 10.6 Å². The molecule has 0 aromatic heterocycles. The van der Waals surface area contributed by atoms with E-state index in [1.165, 1.54) is 0 Å². The predicted octanol–water partition coefficient (Wildman–Crippen LogP) is 3.45. The van der Waals surface area contributed by atoms with Crippen LogP contribution in [0.4, 0.5) is 32.0 Å². The highest BCUT2D eigenvalue weighted by Gasteiger charge is 2.33. The molecule has 0 spiro atoms. The monoisotopic (exact) mass is 334 g/mol. The Labute approximate surface area is 120 Å². The number of amides is 1. The molecule has 0 saturated heterocycles. The molecular formula is C11H9ClF6N2O. The second kappa shape index (κ2) is 6.52. The van der Waals surface area contributed by atoms with Gasteiger partial charge in [-0.3, -0.25) is 4.79 Å². The van der Waals surface area contributed by atoms with Gasteiger partial charge in [-0.05, 0) is 18.2 Å². The highest BCUT2D eigenvalue weighted by Crippen LogP contribution is 2.36. The first-order valence-corrected chi connectivity index (χ1v) is 5.81. The summed E-state index contributed by atoms with van der Waals surface area (Å²) in [6.45, 7) is -2.07. The minimum Gasteiger partial charge on any atom is -0.325 e. The lowest BCUT2D eigenvalue weighted by Gasteiger charge is -2.12. The van der Waals surface area contributed by atoms with Crippen molar-refractivity contribution >= 4 is 23.2 Å². The van der Waals surface area contributed by atoms with Crippen molar-refractivity contribution in [3.8, 4) is 0 Å². The van der Waals surface area contributed by atoms with Crippen LogP contribution in [0.1, 0.15) is 5.56 Å². The maximum atomic E-state index is 12.6. The summed E-state index contributed by atoms with van der Waals surface area (Å²) in [5.74, 6) is -0.908. The first kappa shape index (κ1) is 17.6. The Balaban J connectivity index is 2.65. The van der Waals surface area contributed by atoms with Gasteiger partial charge in [0, 0.05) is 5.69 Å². The van der Waals surface area contributed by atoms with E-state index in [2.05, 4.69) is 0 Å². The zero-order chi connectivity index (χ0) is 16.3. The molecule has 0 radical (unpaired) electrons. The van der Waals surface area contributed by atoms with Gasteiger partial charge in [-0.25, -0.2) is 0 Å². The third kappa shape index (κ3) is 6.21. The summed E-state index contributed by atoms with van der Waals surface area (Å²) in [6, 6.07) is 2.65. The van der Waals surface area contributed by atoms with Crippen LogP contribution in [-0.2, 0) is 11.0 Å². The molecule has 3 nitrogen and oxygen atoms in total. The van der Waals surface area contributed by atoms with Gasteiger partial charge in [0.05, 0.1) is 23.7 Å². The van der Waals surface area contributed by atoms with Gasteiger partial charge in [-0.15, -0.1) is 0 Å². The van der Waals surface area contributed by atoms with Gasteiger partial charge in [0.25, 0.3) is 0 Å². The van der Waals surface area contributed by atoms with Crippen LogP contribution in [0.5, 0.6) is 0 Å². The van der Waals surface area contributed by atoms with Crippen molar-refractivity contribution in [2.45, 2.75) is 12.4 Å². The van der Waals surface area contributed by atoms with E-state index >= 15 is 0 Å². The van der Waals surface area contributed by atoms with Crippen LogP contribution in [0.2, 0.25) is 5.02 Å². The van der Waals surface area contributed by atoms with Crippen molar-refractivity contribution in [3.63, 3.8) is 0 Å². The lowest BCUT2D eigenvalue weighted by Crippen LogP contribution is -2.35. The second-order valence-corrected chi connectivity index (χ2v) is 4.37. The highest BCUT2D eigenvalue weighted by atomic mass is 35.5. The summed E-state index contributed by atoms with van der Waals surface area (Å²) < 4.78 is 73.2. The van der Waals surface area contributed by atoms with E-state index in [0.29, 0.717) is 6.07 Å². The van der Waals surface area contributed by atoms with Gasteiger partial charge in [0.1, 0.15) is 0 Å². The van der Waals surface area contributed by atoms with E-state index in [1.807, 2.05) is 10.6 Å². The molecule has 0 fully saturated rings. The Kier molecular flexibility index (Phi) is 5.46. The summed E-state index contributed by atoms with van der Waals surface area (Å²) in [5, 5.41) is 3.31. The maximum absolute atomic E-state index is 12.6. The molecule has 1 amide bonds. The second-order valence-electron chi connectivity index (χ2n) is 3.96. The minimum absolute atomic E-state index is 0.217. The molecule has 1 rings (SSSR count). The molecule has 0 bridgehead atoms. The van der Waals surface area contributed by atoms with Crippen LogP contribution in [-0.4, -0.2) is 25.2 Å². The average molecular weight is 335 g/mol. The van der Waals surface area contributed by atoms with Crippen LogP contribution in [0, 0.1) is 0 Å². The smallest absolute Gasteiger partial charge is 0.325 e. The molecule has 0 unspecified atom stereocenters. The van der Waals surface area contributed by atoms with Gasteiger partial charge in [-0.2, -0.15) is 26.3 Å². The molecule has 2 N–H and O–H groups in total. The van der Waals surface area contributed by atoms with E-state index in [1.54, 1.807) is 0 Å². The summed E-state index contributed by atoms with van der Waals surface area (Å²) in [7, 11) is 0. The quantitative estimate of drug-likeness (QED) is 0.828. The molecule has 1 aromatic rings. The molecule has 118 valence electrons. The topological polar surface area (TPSA) is 41.1 Å². The molecule has 0 aliphatic rings. The molecule has 10 heteroatoms. The number of hydrogen-bond acceptors (Lipinski definition) is 2. The van der Waals surface area contributed by atoms with Gasteiger partial charge >= 0.3 is 12.4 Å². The van der Waals surface area contributed by atoms with Crippen molar-refractivity contribution < 1.29 is 31.1 Å². The van der Waals surface area contributed by atoms with Gasteiger partial charge in [0.15, 0.2) is 0 Å². The average Bonchev–Trinajstić information content (AvgIpc) is 2.28. The maximum Gasteiger partial charge on any atom is 0.417 e. The molecule has 21 heavy (non-hydrogen) atoms. The molecule has 0 atom stereocenters. The molecule has 0 aliphatic heterocycles. The standard InChI is InChI=1S/C11H9ClF6N2O/c12-8-2-1-6(3-7(8)11(16,17)18)20-9(21)4-19-5-10(13,14)15/h1-3,19H,4-5H2,(H,20,21). The van der Waals surface area contributed by atoms with Crippen molar-refractivity contribution in [2.24, 2.45) is 0 Å². The van der Waals surface area contributed by atoms with E-state index in [-0.39, 0.29) is 5.69 Å². The third-order valence-corrected chi connectivity index (χ3v) is 2.50. The van der Waals surface area contributed by atoms with E-state index in [4.69, 9.17) is 11.6 Å². The SMILES string of the molecule is O=C(CNCC(F)(F)F)Nc1ccc(Cl)c(C(F)(F)F)c1. The number of carbonyl (C=O) groups excluding carboxylic acids is 1. The van der Waals surface area contributed by atoms with Crippen molar-refractivity contribution in [2.75, 3.05) is 18.4 Å². The number of alkyl halides is 6. The summed E-state index contributed by atoms with van der Waals surface area (Å²) >= 11 is 5.38. The van der Waals surface area contributed by atoms with Gasteiger partial charge < -0.3 is 10.6 Å². The molecular weight excluding hydrogens is 326 g/mol. The molecule has 1 aromatic carbocycles. The van der Waals surface area contributed by atoms with E-state index in [9.17, 15) is 31.1 Å². The Bertz CT molecular complexity index is 514. The Morgan fingerprint density at radius 2 is 1.76 bits per heavy atom. The van der Waals surface area contributed by atoms with Crippen molar-refractivity contribution in [1.29, 1.82) is 0 Å². The van der Waals surface area contributed by atoms with E-state index < -0.39 is 41.9 Å². The number of halogens is 7.